The number of nitrogens with zero attached hydrogens (tertiary/aromatic N) is 2. The molecule has 8 nitrogen and oxygen atoms in total. The zero-order chi connectivity index (χ0) is 28.4. The molecule has 39 heavy (non-hydrogen) atoms. The maximum atomic E-state index is 14.0. The Labute approximate surface area is 231 Å². The van der Waals surface area contributed by atoms with Gasteiger partial charge in [0.15, 0.2) is 0 Å². The first kappa shape index (κ1) is 29.7. The third kappa shape index (κ3) is 7.38. The Kier molecular flexibility index (Phi) is 10.5. The Morgan fingerprint density at radius 2 is 1.56 bits per heavy atom. The van der Waals surface area contributed by atoms with Crippen molar-refractivity contribution >= 4 is 27.5 Å². The number of hydrogen-bond acceptors (Lipinski definition) is 5. The van der Waals surface area contributed by atoms with Crippen molar-refractivity contribution < 1.29 is 22.7 Å². The molecule has 2 amide bonds. The number of sulfonamides is 1. The maximum Gasteiger partial charge on any atom is 0.264 e. The molecule has 0 heterocycles. The van der Waals surface area contributed by atoms with Crippen LogP contribution in [0, 0.1) is 0 Å². The third-order valence-electron chi connectivity index (χ3n) is 6.48. The number of rotatable bonds is 13. The molecule has 0 aromatic heterocycles. The zero-order valence-corrected chi connectivity index (χ0v) is 23.8. The van der Waals surface area contributed by atoms with E-state index in [-0.39, 0.29) is 17.3 Å². The van der Waals surface area contributed by atoms with Gasteiger partial charge in [0.25, 0.3) is 10.0 Å². The minimum Gasteiger partial charge on any atom is -0.497 e. The Morgan fingerprint density at radius 3 is 2.18 bits per heavy atom. The van der Waals surface area contributed by atoms with Crippen LogP contribution in [-0.2, 0) is 32.6 Å². The minimum atomic E-state index is -4.09. The summed E-state index contributed by atoms with van der Waals surface area (Å²) in [6.07, 6.45) is 1.33. The molecule has 1 atom stereocenters. The van der Waals surface area contributed by atoms with Gasteiger partial charge in [0.1, 0.15) is 18.3 Å². The zero-order valence-electron chi connectivity index (χ0n) is 23.0. The predicted molar refractivity (Wildman–Crippen MR) is 153 cm³/mol. The van der Waals surface area contributed by atoms with E-state index < -0.39 is 28.5 Å². The summed E-state index contributed by atoms with van der Waals surface area (Å²) in [5.41, 5.74) is 2.01. The number of para-hydroxylation sites is 1. The lowest BCUT2D eigenvalue weighted by atomic mass is 10.1. The lowest BCUT2D eigenvalue weighted by molar-refractivity contribution is -0.139. The Balaban J connectivity index is 2.03. The summed E-state index contributed by atoms with van der Waals surface area (Å²) in [6.45, 7) is 5.68. The van der Waals surface area contributed by atoms with E-state index in [1.807, 2.05) is 38.1 Å². The second kappa shape index (κ2) is 13.8. The number of aryl methyl sites for hydroxylation is 1. The van der Waals surface area contributed by atoms with Crippen LogP contribution >= 0.6 is 0 Å². The van der Waals surface area contributed by atoms with E-state index in [1.54, 1.807) is 56.5 Å². The molecule has 0 saturated heterocycles. The molecule has 0 aliphatic heterocycles. The van der Waals surface area contributed by atoms with Crippen LogP contribution in [0.5, 0.6) is 5.75 Å². The van der Waals surface area contributed by atoms with E-state index in [9.17, 15) is 18.0 Å². The smallest absolute Gasteiger partial charge is 0.264 e. The fourth-order valence-electron chi connectivity index (χ4n) is 4.19. The number of carbonyl (C=O) groups is 2. The molecule has 3 rings (SSSR count). The van der Waals surface area contributed by atoms with Crippen LogP contribution in [0.25, 0.3) is 0 Å². The van der Waals surface area contributed by atoms with Crippen molar-refractivity contribution in [3.05, 3.63) is 90.0 Å². The molecule has 0 bridgehead atoms. The van der Waals surface area contributed by atoms with Gasteiger partial charge in [0.05, 0.1) is 17.7 Å². The summed E-state index contributed by atoms with van der Waals surface area (Å²) in [4.78, 5) is 28.4. The number of hydrogen-bond donors (Lipinski definition) is 1. The molecule has 0 saturated carbocycles. The molecule has 0 aliphatic rings. The van der Waals surface area contributed by atoms with E-state index >= 15 is 0 Å². The highest BCUT2D eigenvalue weighted by molar-refractivity contribution is 7.92. The van der Waals surface area contributed by atoms with Crippen molar-refractivity contribution in [1.82, 2.24) is 10.2 Å². The average molecular weight is 552 g/mol. The van der Waals surface area contributed by atoms with Gasteiger partial charge >= 0.3 is 0 Å². The van der Waals surface area contributed by atoms with Gasteiger partial charge in [-0.1, -0.05) is 62.4 Å². The van der Waals surface area contributed by atoms with Gasteiger partial charge in [-0.25, -0.2) is 8.42 Å². The van der Waals surface area contributed by atoms with Crippen LogP contribution < -0.4 is 14.4 Å². The summed E-state index contributed by atoms with van der Waals surface area (Å²) in [5.74, 6) is -0.123. The molecule has 9 heteroatoms. The summed E-state index contributed by atoms with van der Waals surface area (Å²) in [5, 5.41) is 2.85. The lowest BCUT2D eigenvalue weighted by Gasteiger charge is -2.32. The molecular formula is C30H37N3O5S. The van der Waals surface area contributed by atoms with Crippen LogP contribution in [0.1, 0.15) is 38.3 Å². The molecule has 0 radical (unpaired) electrons. The minimum absolute atomic E-state index is 0.0825. The molecule has 0 fully saturated rings. The largest absolute Gasteiger partial charge is 0.497 e. The van der Waals surface area contributed by atoms with E-state index in [0.717, 1.165) is 21.9 Å². The number of ether oxygens (including phenoxy) is 1. The number of methoxy groups -OCH3 is 1. The third-order valence-corrected chi connectivity index (χ3v) is 8.25. The van der Waals surface area contributed by atoms with Crippen LogP contribution in [-0.4, -0.2) is 51.4 Å². The second-order valence-electron chi connectivity index (χ2n) is 9.14. The number of carbonyl (C=O) groups excluding carboxylic acids is 2. The fourth-order valence-corrected chi connectivity index (χ4v) is 5.67. The molecule has 0 spiro atoms. The number of anilines is 1. The molecule has 3 aromatic carbocycles. The van der Waals surface area contributed by atoms with Crippen molar-refractivity contribution in [2.24, 2.45) is 0 Å². The highest BCUT2D eigenvalue weighted by atomic mass is 32.2. The molecule has 1 N–H and O–H groups in total. The SMILES string of the molecule is CCCNC(=O)[C@@H](C)N(Cc1ccc(OC)cc1)C(=O)CN(c1ccccc1CC)S(=O)(=O)c1ccccc1. The summed E-state index contributed by atoms with van der Waals surface area (Å²) in [6, 6.07) is 21.6. The number of benzene rings is 3. The quantitative estimate of drug-likeness (QED) is 0.340. The second-order valence-corrected chi connectivity index (χ2v) is 11.0. The molecule has 208 valence electrons. The van der Waals surface area contributed by atoms with Crippen molar-refractivity contribution in [3.8, 4) is 5.75 Å². The Bertz CT molecular complexity index is 1340. The number of nitrogens with one attached hydrogen (secondary N) is 1. The molecular weight excluding hydrogens is 514 g/mol. The maximum absolute atomic E-state index is 14.0. The molecule has 3 aromatic rings. The van der Waals surface area contributed by atoms with Crippen molar-refractivity contribution in [2.75, 3.05) is 24.5 Å². The molecule has 0 unspecified atom stereocenters. The predicted octanol–water partition coefficient (Wildman–Crippen LogP) is 4.40. The fraction of sp³-hybridized carbons (Fsp3) is 0.333. The topological polar surface area (TPSA) is 96.0 Å². The summed E-state index contributed by atoms with van der Waals surface area (Å²) in [7, 11) is -2.52. The van der Waals surface area contributed by atoms with Crippen molar-refractivity contribution in [1.29, 1.82) is 0 Å². The summed E-state index contributed by atoms with van der Waals surface area (Å²) < 4.78 is 34.2. The first-order valence-corrected chi connectivity index (χ1v) is 14.5. The van der Waals surface area contributed by atoms with Gasteiger partial charge in [-0.3, -0.25) is 13.9 Å². The van der Waals surface area contributed by atoms with Crippen LogP contribution in [0.4, 0.5) is 5.69 Å². The Morgan fingerprint density at radius 1 is 0.923 bits per heavy atom. The first-order valence-electron chi connectivity index (χ1n) is 13.1. The van der Waals surface area contributed by atoms with Crippen molar-refractivity contribution in [3.63, 3.8) is 0 Å². The average Bonchev–Trinajstić information content (AvgIpc) is 2.97. The van der Waals surface area contributed by atoms with E-state index in [1.165, 1.54) is 17.0 Å². The van der Waals surface area contributed by atoms with Gasteiger partial charge in [-0.05, 0) is 61.2 Å². The van der Waals surface area contributed by atoms with Crippen molar-refractivity contribution in [2.45, 2.75) is 51.1 Å². The van der Waals surface area contributed by atoms with Gasteiger partial charge in [-0.15, -0.1) is 0 Å². The lowest BCUT2D eigenvalue weighted by Crippen LogP contribution is -2.51. The standard InChI is InChI=1S/C30H37N3O5S/c1-5-20-31-30(35)23(3)32(21-24-16-18-26(38-4)19-17-24)29(34)22-33(28-15-11-10-12-25(28)6-2)39(36,37)27-13-8-7-9-14-27/h7-19,23H,5-6,20-22H2,1-4H3,(H,31,35)/t23-/m1/s1. The first-order chi connectivity index (χ1) is 18.7. The van der Waals surface area contributed by atoms with E-state index in [0.29, 0.717) is 24.4 Å². The number of amides is 2. The van der Waals surface area contributed by atoms with Gasteiger partial charge in [-0.2, -0.15) is 0 Å². The van der Waals surface area contributed by atoms with Gasteiger partial charge in [0, 0.05) is 13.1 Å². The van der Waals surface area contributed by atoms with Gasteiger partial charge < -0.3 is 15.0 Å². The van der Waals surface area contributed by atoms with Crippen LogP contribution in [0.2, 0.25) is 0 Å². The normalized spacial score (nSPS) is 11.9. The van der Waals surface area contributed by atoms with E-state index in [4.69, 9.17) is 4.74 Å². The highest BCUT2D eigenvalue weighted by Gasteiger charge is 2.33. The van der Waals surface area contributed by atoms with Gasteiger partial charge in [0.2, 0.25) is 11.8 Å². The monoisotopic (exact) mass is 551 g/mol. The highest BCUT2D eigenvalue weighted by Crippen LogP contribution is 2.28. The Hall–Kier alpha value is -3.85. The van der Waals surface area contributed by atoms with E-state index in [2.05, 4.69) is 5.32 Å². The molecule has 0 aliphatic carbocycles. The van der Waals surface area contributed by atoms with Crippen LogP contribution in [0.15, 0.2) is 83.8 Å². The van der Waals surface area contributed by atoms with Crippen LogP contribution in [0.3, 0.4) is 0 Å². The summed E-state index contributed by atoms with van der Waals surface area (Å²) >= 11 is 0.